The van der Waals surface area contributed by atoms with Crippen molar-refractivity contribution in [3.63, 3.8) is 0 Å². The number of rotatable bonds is 3. The zero-order valence-electron chi connectivity index (χ0n) is 12.0. The zero-order chi connectivity index (χ0) is 12.2. The Bertz CT molecular complexity index is 81.7. The Hall–Kier alpha value is -0.0400. The highest BCUT2D eigenvalue weighted by Crippen LogP contribution is 2.27. The first-order chi connectivity index (χ1) is 6.52. The summed E-state index contributed by atoms with van der Waals surface area (Å²) >= 11 is 0. The molecule has 1 N–H and O–H groups in total. The fraction of sp³-hybridized carbons (Fsp3) is 1.00. The van der Waals surface area contributed by atoms with Gasteiger partial charge in [0.05, 0.1) is 0 Å². The van der Waals surface area contributed by atoms with Crippen LogP contribution < -0.4 is 5.32 Å². The largest absolute Gasteiger partial charge is 0.319 e. The smallest absolute Gasteiger partial charge is 0.00186 e. The van der Waals surface area contributed by atoms with Crippen molar-refractivity contribution in [2.24, 2.45) is 11.3 Å². The van der Waals surface area contributed by atoms with Gasteiger partial charge in [0.2, 0.25) is 0 Å². The van der Waals surface area contributed by atoms with Gasteiger partial charge in [-0.2, -0.15) is 0 Å². The summed E-state index contributed by atoms with van der Waals surface area (Å²) in [4.78, 5) is 0. The first-order valence-electron chi connectivity index (χ1n) is 6.17. The van der Waals surface area contributed by atoms with Crippen molar-refractivity contribution < 1.29 is 0 Å². The Morgan fingerprint density at radius 3 is 1.43 bits per heavy atom. The van der Waals surface area contributed by atoms with Crippen molar-refractivity contribution in [1.29, 1.82) is 0 Å². The molecule has 1 unspecified atom stereocenters. The summed E-state index contributed by atoms with van der Waals surface area (Å²) in [5.74, 6) is 0.803. The molecule has 0 saturated carbocycles. The summed E-state index contributed by atoms with van der Waals surface area (Å²) in [6, 6.07) is 0. The molecule has 14 heavy (non-hydrogen) atoms. The topological polar surface area (TPSA) is 12.0 Å². The number of hydrogen-bond acceptors (Lipinski definition) is 1. The van der Waals surface area contributed by atoms with E-state index >= 15 is 0 Å². The van der Waals surface area contributed by atoms with Crippen LogP contribution in [-0.2, 0) is 0 Å². The summed E-state index contributed by atoms with van der Waals surface area (Å²) in [5, 5.41) is 3.23. The first kappa shape index (κ1) is 19.5. The van der Waals surface area contributed by atoms with E-state index in [-0.39, 0.29) is 0 Å². The third-order valence-corrected chi connectivity index (χ3v) is 2.17. The summed E-state index contributed by atoms with van der Waals surface area (Å²) < 4.78 is 0. The lowest BCUT2D eigenvalue weighted by atomic mass is 9.79. The molecule has 0 aliphatic heterocycles. The predicted octanol–water partition coefficient (Wildman–Crippen LogP) is 4.33. The molecule has 0 saturated heterocycles. The summed E-state index contributed by atoms with van der Waals surface area (Å²) in [6.07, 6.45) is 1.27. The molecular formula is C13H33N. The second-order valence-corrected chi connectivity index (χ2v) is 4.03. The zero-order valence-corrected chi connectivity index (χ0v) is 12.0. The molecule has 0 amide bonds. The Labute approximate surface area is 92.7 Å². The van der Waals surface area contributed by atoms with Gasteiger partial charge in [-0.3, -0.25) is 0 Å². The molecule has 0 spiro atoms. The minimum atomic E-state index is 0.456. The van der Waals surface area contributed by atoms with Crippen molar-refractivity contribution >= 4 is 0 Å². The van der Waals surface area contributed by atoms with Gasteiger partial charge in [-0.05, 0) is 24.9 Å². The molecule has 0 bridgehead atoms. The Morgan fingerprint density at radius 2 is 1.36 bits per heavy atom. The van der Waals surface area contributed by atoms with Gasteiger partial charge in [0.25, 0.3) is 0 Å². The van der Waals surface area contributed by atoms with Gasteiger partial charge in [-0.1, -0.05) is 61.8 Å². The van der Waals surface area contributed by atoms with Crippen LogP contribution in [0.2, 0.25) is 0 Å². The molecule has 0 aromatic carbocycles. The van der Waals surface area contributed by atoms with Crippen molar-refractivity contribution in [2.45, 2.75) is 61.8 Å². The quantitative estimate of drug-likeness (QED) is 0.720. The van der Waals surface area contributed by atoms with Gasteiger partial charge in [0.15, 0.2) is 0 Å². The van der Waals surface area contributed by atoms with Crippen LogP contribution in [-0.4, -0.2) is 13.6 Å². The van der Waals surface area contributed by atoms with Crippen LogP contribution in [0.1, 0.15) is 61.8 Å². The molecule has 0 aliphatic rings. The average Bonchev–Trinajstić information content (AvgIpc) is 2.18. The molecule has 0 aromatic rings. The van der Waals surface area contributed by atoms with Gasteiger partial charge in [0.1, 0.15) is 0 Å². The van der Waals surface area contributed by atoms with Crippen molar-refractivity contribution in [3.8, 4) is 0 Å². The summed E-state index contributed by atoms with van der Waals surface area (Å²) in [5.41, 5.74) is 0.456. The van der Waals surface area contributed by atoms with Crippen LogP contribution >= 0.6 is 0 Å². The molecule has 0 rings (SSSR count). The van der Waals surface area contributed by atoms with Gasteiger partial charge >= 0.3 is 0 Å². The third-order valence-electron chi connectivity index (χ3n) is 2.17. The Kier molecular flexibility index (Phi) is 18.1. The lowest BCUT2D eigenvalue weighted by Gasteiger charge is -2.29. The highest BCUT2D eigenvalue weighted by atomic mass is 14.8. The van der Waals surface area contributed by atoms with Crippen molar-refractivity contribution in [2.75, 3.05) is 13.6 Å². The maximum atomic E-state index is 3.23. The molecule has 0 radical (unpaired) electrons. The molecule has 1 atom stereocenters. The molecule has 0 aliphatic carbocycles. The molecule has 1 heteroatoms. The molecule has 0 aromatic heterocycles. The van der Waals surface area contributed by atoms with Gasteiger partial charge in [-0.15, -0.1) is 0 Å². The molecule has 90 valence electrons. The predicted molar refractivity (Wildman–Crippen MR) is 69.9 cm³/mol. The highest BCUT2D eigenvalue weighted by Gasteiger charge is 2.21. The van der Waals surface area contributed by atoms with Crippen LogP contribution in [0, 0.1) is 11.3 Å². The molecule has 0 heterocycles. The lowest BCUT2D eigenvalue weighted by Crippen LogP contribution is -2.29. The maximum absolute atomic E-state index is 3.23. The fourth-order valence-corrected chi connectivity index (χ4v) is 1.31. The van der Waals surface area contributed by atoms with Gasteiger partial charge < -0.3 is 5.32 Å². The van der Waals surface area contributed by atoms with E-state index in [0.717, 1.165) is 12.5 Å². The standard InChI is InChI=1S/C9H21N.2C2H6/c1-6-8(7-10-5)9(2,3)4;2*1-2/h8,10H,6-7H2,1-5H3;2*1-2H3. The van der Waals surface area contributed by atoms with E-state index in [4.69, 9.17) is 0 Å². The van der Waals surface area contributed by atoms with Crippen molar-refractivity contribution in [3.05, 3.63) is 0 Å². The Morgan fingerprint density at radius 1 is 1.00 bits per heavy atom. The molecule has 0 fully saturated rings. The van der Waals surface area contributed by atoms with Crippen LogP contribution in [0.4, 0.5) is 0 Å². The Balaban J connectivity index is -0.000000266. The van der Waals surface area contributed by atoms with E-state index in [2.05, 4.69) is 33.0 Å². The monoisotopic (exact) mass is 203 g/mol. The highest BCUT2D eigenvalue weighted by molar-refractivity contribution is 4.73. The van der Waals surface area contributed by atoms with E-state index in [0.29, 0.717) is 5.41 Å². The van der Waals surface area contributed by atoms with E-state index < -0.39 is 0 Å². The van der Waals surface area contributed by atoms with Crippen LogP contribution in [0.25, 0.3) is 0 Å². The second kappa shape index (κ2) is 13.0. The number of hydrogen-bond donors (Lipinski definition) is 1. The minimum absolute atomic E-state index is 0.456. The van der Waals surface area contributed by atoms with Gasteiger partial charge in [0, 0.05) is 0 Å². The van der Waals surface area contributed by atoms with E-state index in [9.17, 15) is 0 Å². The summed E-state index contributed by atoms with van der Waals surface area (Å²) in [6.45, 7) is 18.3. The fourth-order valence-electron chi connectivity index (χ4n) is 1.31. The molecule has 1 nitrogen and oxygen atoms in total. The minimum Gasteiger partial charge on any atom is -0.319 e. The molecular weight excluding hydrogens is 170 g/mol. The van der Waals surface area contributed by atoms with Gasteiger partial charge in [-0.25, -0.2) is 0 Å². The third kappa shape index (κ3) is 12.0. The van der Waals surface area contributed by atoms with E-state index in [1.165, 1.54) is 6.42 Å². The van der Waals surface area contributed by atoms with E-state index in [1.54, 1.807) is 0 Å². The maximum Gasteiger partial charge on any atom is -0.00186 e. The first-order valence-corrected chi connectivity index (χ1v) is 6.17. The van der Waals surface area contributed by atoms with Crippen LogP contribution in [0.3, 0.4) is 0 Å². The van der Waals surface area contributed by atoms with Crippen LogP contribution in [0.15, 0.2) is 0 Å². The lowest BCUT2D eigenvalue weighted by molar-refractivity contribution is 0.229. The average molecular weight is 203 g/mol. The normalized spacial score (nSPS) is 11.8. The van der Waals surface area contributed by atoms with E-state index in [1.807, 2.05) is 34.7 Å². The summed E-state index contributed by atoms with van der Waals surface area (Å²) in [7, 11) is 2.02. The SMILES string of the molecule is CC.CC.CCC(CNC)C(C)(C)C. The number of nitrogens with one attached hydrogen (secondary N) is 1. The second-order valence-electron chi connectivity index (χ2n) is 4.03. The van der Waals surface area contributed by atoms with Crippen LogP contribution in [0.5, 0.6) is 0 Å². The van der Waals surface area contributed by atoms with Crippen molar-refractivity contribution in [1.82, 2.24) is 5.32 Å².